The highest BCUT2D eigenvalue weighted by Gasteiger charge is 2.23. The Kier molecular flexibility index (Phi) is 5.93. The van der Waals surface area contributed by atoms with Gasteiger partial charge in [-0.1, -0.05) is 54.6 Å². The van der Waals surface area contributed by atoms with Gasteiger partial charge in [0.25, 0.3) is 0 Å². The van der Waals surface area contributed by atoms with E-state index in [4.69, 9.17) is 0 Å². The Bertz CT molecular complexity index is 1190. The maximum atomic E-state index is 13.2. The summed E-state index contributed by atoms with van der Waals surface area (Å²) in [5, 5.41) is 4.48. The molecule has 0 bridgehead atoms. The highest BCUT2D eigenvalue weighted by molar-refractivity contribution is 5.84. The second kappa shape index (κ2) is 9.31. The number of aromatic nitrogens is 1. The first kappa shape index (κ1) is 20.4. The SMILES string of the molecule is O=C(Cc1ccc2[nH]ccc2c1)NC(c1ccccc1)c1ccccc1N1CCCCC1. The van der Waals surface area contributed by atoms with Crippen molar-refractivity contribution < 1.29 is 4.79 Å². The number of nitrogens with zero attached hydrogens (tertiary/aromatic N) is 1. The molecule has 1 fully saturated rings. The van der Waals surface area contributed by atoms with Gasteiger partial charge in [0.2, 0.25) is 5.91 Å². The van der Waals surface area contributed by atoms with Crippen LogP contribution in [0.4, 0.5) is 5.69 Å². The van der Waals surface area contributed by atoms with Crippen LogP contribution in [-0.2, 0) is 11.2 Å². The van der Waals surface area contributed by atoms with Crippen molar-refractivity contribution in [3.8, 4) is 0 Å². The standard InChI is InChI=1S/C28H29N3O/c32-27(20-21-13-14-25-23(19-21)15-16-29-25)30-28(22-9-3-1-4-10-22)24-11-5-6-12-26(24)31-17-7-2-8-18-31/h1,3-6,9-16,19,28-29H,2,7-8,17-18,20H2,(H,30,32). The predicted molar refractivity (Wildman–Crippen MR) is 131 cm³/mol. The Hall–Kier alpha value is -3.53. The van der Waals surface area contributed by atoms with Gasteiger partial charge in [-0.3, -0.25) is 4.79 Å². The van der Waals surface area contributed by atoms with Gasteiger partial charge in [-0.05, 0) is 60.0 Å². The number of amides is 1. The lowest BCUT2D eigenvalue weighted by molar-refractivity contribution is -0.120. The van der Waals surface area contributed by atoms with E-state index >= 15 is 0 Å². The first-order valence-electron chi connectivity index (χ1n) is 11.5. The molecule has 1 saturated heterocycles. The van der Waals surface area contributed by atoms with E-state index in [0.29, 0.717) is 6.42 Å². The number of aromatic amines is 1. The summed E-state index contributed by atoms with van der Waals surface area (Å²) >= 11 is 0. The molecule has 1 atom stereocenters. The van der Waals surface area contributed by atoms with Gasteiger partial charge < -0.3 is 15.2 Å². The number of hydrogen-bond acceptors (Lipinski definition) is 2. The Morgan fingerprint density at radius 3 is 2.53 bits per heavy atom. The van der Waals surface area contributed by atoms with Crippen LogP contribution < -0.4 is 10.2 Å². The average molecular weight is 424 g/mol. The third-order valence-corrected chi connectivity index (χ3v) is 6.37. The molecular weight excluding hydrogens is 394 g/mol. The van der Waals surface area contributed by atoms with E-state index in [9.17, 15) is 4.79 Å². The lowest BCUT2D eigenvalue weighted by atomic mass is 9.95. The number of rotatable bonds is 6. The molecule has 3 aromatic carbocycles. The minimum Gasteiger partial charge on any atom is -0.371 e. The number of carbonyl (C=O) groups is 1. The number of nitrogens with one attached hydrogen (secondary N) is 2. The molecule has 4 heteroatoms. The molecule has 1 aromatic heterocycles. The summed E-state index contributed by atoms with van der Waals surface area (Å²) in [5.74, 6) is 0.0298. The third kappa shape index (κ3) is 4.40. The molecule has 0 aliphatic carbocycles. The summed E-state index contributed by atoms with van der Waals surface area (Å²) < 4.78 is 0. The van der Waals surface area contributed by atoms with Crippen molar-refractivity contribution >= 4 is 22.5 Å². The van der Waals surface area contributed by atoms with Gasteiger partial charge in [-0.25, -0.2) is 0 Å². The number of carbonyl (C=O) groups excluding carboxylic acids is 1. The van der Waals surface area contributed by atoms with Crippen LogP contribution in [0.3, 0.4) is 0 Å². The van der Waals surface area contributed by atoms with Crippen molar-refractivity contribution in [3.05, 3.63) is 102 Å². The van der Waals surface area contributed by atoms with Crippen LogP contribution in [0.2, 0.25) is 0 Å². The van der Waals surface area contributed by atoms with Crippen molar-refractivity contribution in [1.29, 1.82) is 0 Å². The minimum absolute atomic E-state index is 0.0298. The fraction of sp³-hybridized carbons (Fsp3) is 0.250. The average Bonchev–Trinajstić information content (AvgIpc) is 3.32. The minimum atomic E-state index is -0.183. The van der Waals surface area contributed by atoms with E-state index in [0.717, 1.165) is 40.7 Å². The van der Waals surface area contributed by atoms with Crippen LogP contribution in [0, 0.1) is 0 Å². The summed E-state index contributed by atoms with van der Waals surface area (Å²) in [5.41, 5.74) is 5.61. The monoisotopic (exact) mass is 423 g/mol. The van der Waals surface area contributed by atoms with E-state index in [2.05, 4.69) is 57.7 Å². The van der Waals surface area contributed by atoms with E-state index in [1.54, 1.807) is 0 Å². The second-order valence-electron chi connectivity index (χ2n) is 8.59. The Morgan fingerprint density at radius 1 is 0.906 bits per heavy atom. The normalized spacial score (nSPS) is 14.9. The predicted octanol–water partition coefficient (Wildman–Crippen LogP) is 5.61. The van der Waals surface area contributed by atoms with Crippen LogP contribution in [0.15, 0.2) is 85.1 Å². The maximum absolute atomic E-state index is 13.2. The fourth-order valence-corrected chi connectivity index (χ4v) is 4.75. The van der Waals surface area contributed by atoms with E-state index in [-0.39, 0.29) is 11.9 Å². The second-order valence-corrected chi connectivity index (χ2v) is 8.59. The highest BCUT2D eigenvalue weighted by Crippen LogP contribution is 2.32. The van der Waals surface area contributed by atoms with Crippen molar-refractivity contribution in [2.75, 3.05) is 18.0 Å². The summed E-state index contributed by atoms with van der Waals surface area (Å²) in [7, 11) is 0. The smallest absolute Gasteiger partial charge is 0.225 e. The molecule has 2 heterocycles. The molecule has 1 unspecified atom stereocenters. The van der Waals surface area contributed by atoms with Crippen LogP contribution in [0.25, 0.3) is 10.9 Å². The first-order chi connectivity index (χ1) is 15.8. The molecule has 4 nitrogen and oxygen atoms in total. The van der Waals surface area contributed by atoms with E-state index < -0.39 is 0 Å². The zero-order chi connectivity index (χ0) is 21.8. The molecule has 5 rings (SSSR count). The van der Waals surface area contributed by atoms with Crippen LogP contribution in [0.1, 0.15) is 42.0 Å². The number of para-hydroxylation sites is 1. The lowest BCUT2D eigenvalue weighted by Crippen LogP contribution is -2.34. The number of hydrogen-bond donors (Lipinski definition) is 2. The molecule has 0 saturated carbocycles. The Balaban J connectivity index is 1.44. The van der Waals surface area contributed by atoms with Gasteiger partial charge >= 0.3 is 0 Å². The molecule has 1 amide bonds. The molecule has 162 valence electrons. The number of benzene rings is 3. The quantitative estimate of drug-likeness (QED) is 0.424. The molecule has 4 aromatic rings. The van der Waals surface area contributed by atoms with Crippen molar-refractivity contribution in [1.82, 2.24) is 10.3 Å². The molecule has 2 N–H and O–H groups in total. The topological polar surface area (TPSA) is 48.1 Å². The Morgan fingerprint density at radius 2 is 1.69 bits per heavy atom. The molecule has 0 radical (unpaired) electrons. The van der Waals surface area contributed by atoms with Gasteiger partial charge in [0, 0.05) is 36.1 Å². The van der Waals surface area contributed by atoms with Crippen molar-refractivity contribution in [2.45, 2.75) is 31.7 Å². The van der Waals surface area contributed by atoms with Crippen LogP contribution >= 0.6 is 0 Å². The summed E-state index contributed by atoms with van der Waals surface area (Å²) in [6.07, 6.45) is 6.02. The number of H-pyrrole nitrogens is 1. The van der Waals surface area contributed by atoms with Gasteiger partial charge in [-0.15, -0.1) is 0 Å². The Labute approximate surface area is 189 Å². The lowest BCUT2D eigenvalue weighted by Gasteiger charge is -2.33. The number of piperidine rings is 1. The fourth-order valence-electron chi connectivity index (χ4n) is 4.75. The third-order valence-electron chi connectivity index (χ3n) is 6.37. The highest BCUT2D eigenvalue weighted by atomic mass is 16.1. The summed E-state index contributed by atoms with van der Waals surface area (Å²) in [6.45, 7) is 2.15. The van der Waals surface area contributed by atoms with Crippen LogP contribution in [-0.4, -0.2) is 24.0 Å². The van der Waals surface area contributed by atoms with Gasteiger partial charge in [-0.2, -0.15) is 0 Å². The molecule has 1 aliphatic rings. The van der Waals surface area contributed by atoms with Crippen molar-refractivity contribution in [3.63, 3.8) is 0 Å². The van der Waals surface area contributed by atoms with Gasteiger partial charge in [0.1, 0.15) is 0 Å². The molecule has 1 aliphatic heterocycles. The molecule has 0 spiro atoms. The zero-order valence-electron chi connectivity index (χ0n) is 18.3. The van der Waals surface area contributed by atoms with E-state index in [1.807, 2.05) is 42.6 Å². The largest absolute Gasteiger partial charge is 0.371 e. The number of anilines is 1. The van der Waals surface area contributed by atoms with Crippen LogP contribution in [0.5, 0.6) is 0 Å². The molecular formula is C28H29N3O. The maximum Gasteiger partial charge on any atom is 0.225 e. The van der Waals surface area contributed by atoms with Gasteiger partial charge in [0.05, 0.1) is 12.5 Å². The first-order valence-corrected chi connectivity index (χ1v) is 11.5. The molecule has 32 heavy (non-hydrogen) atoms. The number of fused-ring (bicyclic) bond motifs is 1. The van der Waals surface area contributed by atoms with Crippen molar-refractivity contribution in [2.24, 2.45) is 0 Å². The zero-order valence-corrected chi connectivity index (χ0v) is 18.3. The summed E-state index contributed by atoms with van der Waals surface area (Å²) in [6, 6.07) is 26.8. The van der Waals surface area contributed by atoms with E-state index in [1.165, 1.54) is 24.9 Å². The van der Waals surface area contributed by atoms with Gasteiger partial charge in [0.15, 0.2) is 0 Å². The summed E-state index contributed by atoms with van der Waals surface area (Å²) in [4.78, 5) is 18.9.